The molecule has 0 spiro atoms. The highest BCUT2D eigenvalue weighted by atomic mass is 35.5. The highest BCUT2D eigenvalue weighted by Gasteiger charge is 2.25. The maximum atomic E-state index is 12.7. The molecule has 1 aromatic heterocycles. The molecule has 1 heterocycles. The SMILES string of the molecule is O=C(N/C=C/c1cccc([N+](=O)[O-])c1)C(C[PH](=O)O)c1csc2ccc(Cl)cc12. The molecule has 0 saturated carbocycles. The summed E-state index contributed by atoms with van der Waals surface area (Å²) in [7, 11) is -2.91. The zero-order chi connectivity index (χ0) is 21.0. The molecule has 150 valence electrons. The van der Waals surface area contributed by atoms with Crippen LogP contribution in [-0.4, -0.2) is 21.9 Å². The van der Waals surface area contributed by atoms with Crippen molar-refractivity contribution in [2.45, 2.75) is 5.92 Å². The molecule has 0 aliphatic carbocycles. The number of amides is 1. The Labute approximate surface area is 175 Å². The first-order valence-corrected chi connectivity index (χ1v) is 11.3. The molecule has 0 bridgehead atoms. The summed E-state index contributed by atoms with van der Waals surface area (Å²) >= 11 is 7.49. The number of nitro benzene ring substituents is 1. The fourth-order valence-corrected chi connectivity index (χ4v) is 4.79. The molecule has 0 saturated heterocycles. The summed E-state index contributed by atoms with van der Waals surface area (Å²) in [5, 5.41) is 16.5. The van der Waals surface area contributed by atoms with Gasteiger partial charge in [0.2, 0.25) is 5.91 Å². The highest BCUT2D eigenvalue weighted by molar-refractivity contribution is 7.38. The lowest BCUT2D eigenvalue weighted by Crippen LogP contribution is -2.26. The van der Waals surface area contributed by atoms with Gasteiger partial charge in [0, 0.05) is 34.2 Å². The molecule has 3 rings (SSSR count). The smallest absolute Gasteiger partial charge is 0.270 e. The summed E-state index contributed by atoms with van der Waals surface area (Å²) in [6, 6.07) is 11.3. The van der Waals surface area contributed by atoms with Crippen LogP contribution in [0.5, 0.6) is 0 Å². The van der Waals surface area contributed by atoms with E-state index in [9.17, 15) is 24.4 Å². The highest BCUT2D eigenvalue weighted by Crippen LogP contribution is 2.36. The van der Waals surface area contributed by atoms with Crippen molar-refractivity contribution in [3.05, 3.63) is 80.3 Å². The molecule has 2 N–H and O–H groups in total. The topological polar surface area (TPSA) is 110 Å². The second-order valence-corrected chi connectivity index (χ2v) is 8.72. The predicted octanol–water partition coefficient (Wildman–Crippen LogP) is 4.80. The van der Waals surface area contributed by atoms with Crippen LogP contribution in [0.15, 0.2) is 54.0 Å². The lowest BCUT2D eigenvalue weighted by molar-refractivity contribution is -0.384. The van der Waals surface area contributed by atoms with Crippen molar-refractivity contribution in [2.24, 2.45) is 0 Å². The fraction of sp³-hybridized carbons (Fsp3) is 0.105. The molecule has 0 fully saturated rings. The van der Waals surface area contributed by atoms with Gasteiger partial charge in [-0.05, 0) is 46.2 Å². The van der Waals surface area contributed by atoms with Gasteiger partial charge in [0.05, 0.1) is 10.8 Å². The van der Waals surface area contributed by atoms with E-state index in [4.69, 9.17) is 11.6 Å². The number of nitrogens with one attached hydrogen (secondary N) is 1. The van der Waals surface area contributed by atoms with E-state index >= 15 is 0 Å². The summed E-state index contributed by atoms with van der Waals surface area (Å²) in [5.41, 5.74) is 1.12. The van der Waals surface area contributed by atoms with Gasteiger partial charge in [-0.3, -0.25) is 19.5 Å². The average Bonchev–Trinajstić information content (AvgIpc) is 3.08. The predicted molar refractivity (Wildman–Crippen MR) is 116 cm³/mol. The van der Waals surface area contributed by atoms with Gasteiger partial charge in [0.15, 0.2) is 8.03 Å². The van der Waals surface area contributed by atoms with E-state index in [2.05, 4.69) is 5.32 Å². The Hall–Kier alpha value is -2.51. The molecule has 1 amide bonds. The standard InChI is InChI=1S/C19H16ClN2O5PS/c20-13-4-5-18-15(9-13)17(11-29-18)16(10-28(26)27)19(23)21-7-6-12-2-1-3-14(8-12)22(24)25/h1-9,11,16,28H,10H2,(H,21,23)(H,26,27)/b7-6+. The maximum Gasteiger partial charge on any atom is 0.270 e. The number of nitrogens with zero attached hydrogens (tertiary/aromatic N) is 1. The first-order chi connectivity index (χ1) is 13.8. The minimum Gasteiger partial charge on any atom is -0.346 e. The fourth-order valence-electron chi connectivity index (χ4n) is 2.87. The van der Waals surface area contributed by atoms with Crippen LogP contribution in [0.25, 0.3) is 16.2 Å². The minimum atomic E-state index is -2.91. The van der Waals surface area contributed by atoms with Crippen LogP contribution in [0, 0.1) is 10.1 Å². The van der Waals surface area contributed by atoms with Crippen LogP contribution >= 0.6 is 31.0 Å². The second-order valence-electron chi connectivity index (χ2n) is 6.18. The Morgan fingerprint density at radius 2 is 2.14 bits per heavy atom. The quantitative estimate of drug-likeness (QED) is 0.305. The van der Waals surface area contributed by atoms with E-state index in [0.717, 1.165) is 10.1 Å². The van der Waals surface area contributed by atoms with Crippen molar-refractivity contribution in [1.82, 2.24) is 5.32 Å². The Balaban J connectivity index is 1.82. The summed E-state index contributed by atoms with van der Waals surface area (Å²) < 4.78 is 12.4. The Bertz CT molecular complexity index is 1130. The van der Waals surface area contributed by atoms with Crippen LogP contribution in [-0.2, 0) is 9.36 Å². The molecular weight excluding hydrogens is 435 g/mol. The number of non-ortho nitro benzene ring substituents is 1. The van der Waals surface area contributed by atoms with Gasteiger partial charge in [0.25, 0.3) is 5.69 Å². The number of hydrogen-bond donors (Lipinski definition) is 2. The van der Waals surface area contributed by atoms with E-state index in [1.54, 1.807) is 29.6 Å². The van der Waals surface area contributed by atoms with Gasteiger partial charge >= 0.3 is 0 Å². The average molecular weight is 451 g/mol. The van der Waals surface area contributed by atoms with E-state index in [0.29, 0.717) is 16.1 Å². The number of benzene rings is 2. The van der Waals surface area contributed by atoms with Gasteiger partial charge in [-0.2, -0.15) is 0 Å². The molecule has 7 nitrogen and oxygen atoms in total. The number of halogens is 1. The minimum absolute atomic E-state index is 0.0585. The Morgan fingerprint density at radius 1 is 1.34 bits per heavy atom. The van der Waals surface area contributed by atoms with Crippen molar-refractivity contribution in [3.8, 4) is 0 Å². The number of carbonyl (C=O) groups excluding carboxylic acids is 1. The van der Waals surface area contributed by atoms with E-state index < -0.39 is 24.8 Å². The van der Waals surface area contributed by atoms with Gasteiger partial charge in [-0.15, -0.1) is 11.3 Å². The molecular formula is C19H16ClN2O5PS. The number of nitro groups is 1. The number of carbonyl (C=O) groups is 1. The monoisotopic (exact) mass is 450 g/mol. The Morgan fingerprint density at radius 3 is 2.86 bits per heavy atom. The maximum absolute atomic E-state index is 12.7. The van der Waals surface area contributed by atoms with Gasteiger partial charge < -0.3 is 10.2 Å². The molecule has 2 atom stereocenters. The van der Waals surface area contributed by atoms with Crippen LogP contribution in [0.1, 0.15) is 17.0 Å². The summed E-state index contributed by atoms with van der Waals surface area (Å²) in [4.78, 5) is 32.5. The summed E-state index contributed by atoms with van der Waals surface area (Å²) in [5.74, 6) is -1.27. The largest absolute Gasteiger partial charge is 0.346 e. The lowest BCUT2D eigenvalue weighted by Gasteiger charge is -2.14. The molecule has 0 aliphatic rings. The van der Waals surface area contributed by atoms with Crippen molar-refractivity contribution in [2.75, 3.05) is 6.16 Å². The van der Waals surface area contributed by atoms with Gasteiger partial charge in [-0.1, -0.05) is 23.7 Å². The molecule has 0 aliphatic heterocycles. The normalized spacial score (nSPS) is 13.4. The van der Waals surface area contributed by atoms with Gasteiger partial charge in [-0.25, -0.2) is 0 Å². The lowest BCUT2D eigenvalue weighted by atomic mass is 9.99. The third kappa shape index (κ3) is 5.31. The molecule has 2 unspecified atom stereocenters. The van der Waals surface area contributed by atoms with E-state index in [-0.39, 0.29) is 11.8 Å². The second kappa shape index (κ2) is 9.33. The van der Waals surface area contributed by atoms with Crippen molar-refractivity contribution < 1.29 is 19.2 Å². The van der Waals surface area contributed by atoms with E-state index in [1.165, 1.54) is 35.7 Å². The Kier molecular flexibility index (Phi) is 6.82. The first kappa shape index (κ1) is 21.2. The summed E-state index contributed by atoms with van der Waals surface area (Å²) in [6.45, 7) is 0. The molecule has 29 heavy (non-hydrogen) atoms. The van der Waals surface area contributed by atoms with Crippen LogP contribution in [0.3, 0.4) is 0 Å². The van der Waals surface area contributed by atoms with Gasteiger partial charge in [0.1, 0.15) is 0 Å². The van der Waals surface area contributed by atoms with Crippen LogP contribution < -0.4 is 5.32 Å². The molecule has 3 aromatic rings. The number of hydrogen-bond acceptors (Lipinski definition) is 5. The van der Waals surface area contributed by atoms with Crippen molar-refractivity contribution in [3.63, 3.8) is 0 Å². The van der Waals surface area contributed by atoms with Crippen molar-refractivity contribution >= 4 is 58.7 Å². The molecule has 0 radical (unpaired) electrons. The van der Waals surface area contributed by atoms with Crippen LogP contribution in [0.2, 0.25) is 5.02 Å². The van der Waals surface area contributed by atoms with Crippen LogP contribution in [0.4, 0.5) is 5.69 Å². The van der Waals surface area contributed by atoms with E-state index in [1.807, 2.05) is 6.07 Å². The third-order valence-electron chi connectivity index (χ3n) is 4.22. The first-order valence-electron chi connectivity index (χ1n) is 8.45. The number of thiophene rings is 1. The molecule has 10 heteroatoms. The third-order valence-corrected chi connectivity index (χ3v) is 6.19. The van der Waals surface area contributed by atoms with Crippen molar-refractivity contribution in [1.29, 1.82) is 0 Å². The zero-order valence-corrected chi connectivity index (χ0v) is 17.4. The summed E-state index contributed by atoms with van der Waals surface area (Å²) in [6.07, 6.45) is 2.69. The number of rotatable bonds is 7. The number of fused-ring (bicyclic) bond motifs is 1. The molecule has 2 aromatic carbocycles. The zero-order valence-electron chi connectivity index (χ0n) is 14.9.